The second-order valence-corrected chi connectivity index (χ2v) is 5.75. The van der Waals surface area contributed by atoms with Gasteiger partial charge in [-0.15, -0.1) is 34.2 Å². The monoisotopic (exact) mass is 435 g/mol. The van der Waals surface area contributed by atoms with Gasteiger partial charge in [-0.3, -0.25) is 0 Å². The number of nitrogens with zero attached hydrogens (tertiary/aromatic N) is 5. The molecule has 1 aliphatic heterocycles. The molecule has 1 aromatic heterocycles. The molecule has 0 aromatic carbocycles. The van der Waals surface area contributed by atoms with Crippen LogP contribution in [-0.2, 0) is 13.6 Å². The van der Waals surface area contributed by atoms with E-state index < -0.39 is 0 Å². The zero-order chi connectivity index (χ0) is 15.8. The number of hydrogen-bond acceptors (Lipinski definition) is 4. The van der Waals surface area contributed by atoms with Crippen molar-refractivity contribution in [3.05, 3.63) is 11.6 Å². The van der Waals surface area contributed by atoms with Gasteiger partial charge in [0.05, 0.1) is 0 Å². The van der Waals surface area contributed by atoms with Crippen molar-refractivity contribution in [2.75, 3.05) is 32.7 Å². The minimum absolute atomic E-state index is 0. The number of guanidine groups is 1. The molecule has 0 aliphatic carbocycles. The highest BCUT2D eigenvalue weighted by Gasteiger charge is 2.09. The highest BCUT2D eigenvalue weighted by Crippen LogP contribution is 2.07. The summed E-state index contributed by atoms with van der Waals surface area (Å²) in [6.45, 7) is 9.87. The van der Waals surface area contributed by atoms with Crippen LogP contribution in [0.4, 0.5) is 0 Å². The van der Waals surface area contributed by atoms with Crippen molar-refractivity contribution in [3.63, 3.8) is 0 Å². The zero-order valence-corrected chi connectivity index (χ0v) is 16.8. The number of rotatable bonds is 6. The largest absolute Gasteiger partial charge is 0.357 e. The summed E-state index contributed by atoms with van der Waals surface area (Å²) in [6, 6.07) is 0. The number of aryl methyl sites for hydroxylation is 1. The Kier molecular flexibility index (Phi) is 9.46. The molecular weight excluding hydrogens is 405 g/mol. The summed E-state index contributed by atoms with van der Waals surface area (Å²) < 4.78 is 1.97. The van der Waals surface area contributed by atoms with Crippen LogP contribution in [0.3, 0.4) is 0 Å². The number of aliphatic imine (C=N–C) groups is 1. The van der Waals surface area contributed by atoms with E-state index in [4.69, 9.17) is 0 Å². The maximum absolute atomic E-state index is 4.59. The number of hydrogen-bond donors (Lipinski definition) is 2. The van der Waals surface area contributed by atoms with Crippen LogP contribution < -0.4 is 10.6 Å². The van der Waals surface area contributed by atoms with Crippen molar-refractivity contribution in [1.82, 2.24) is 30.3 Å². The van der Waals surface area contributed by atoms with Gasteiger partial charge in [-0.05, 0) is 39.8 Å². The van der Waals surface area contributed by atoms with E-state index in [0.29, 0.717) is 6.54 Å². The number of likely N-dealkylation sites (tertiary alicyclic amines) is 1. The van der Waals surface area contributed by atoms with Crippen molar-refractivity contribution < 1.29 is 0 Å². The normalized spacial score (nSPS) is 16.0. The van der Waals surface area contributed by atoms with Crippen LogP contribution in [0.1, 0.15) is 37.8 Å². The summed E-state index contributed by atoms with van der Waals surface area (Å²) in [5, 5.41) is 14.9. The number of aromatic nitrogens is 3. The van der Waals surface area contributed by atoms with E-state index in [-0.39, 0.29) is 24.0 Å². The van der Waals surface area contributed by atoms with Gasteiger partial charge in [-0.2, -0.15) is 0 Å². The van der Waals surface area contributed by atoms with Crippen LogP contribution >= 0.6 is 24.0 Å². The molecule has 8 heteroatoms. The van der Waals surface area contributed by atoms with E-state index in [1.165, 1.54) is 32.4 Å². The van der Waals surface area contributed by atoms with E-state index in [2.05, 4.69) is 37.6 Å². The third-order valence-corrected chi connectivity index (χ3v) is 4.07. The fraction of sp³-hybridized carbons (Fsp3) is 0.800. The summed E-state index contributed by atoms with van der Waals surface area (Å²) in [6.07, 6.45) is 4.05. The zero-order valence-electron chi connectivity index (χ0n) is 14.5. The molecule has 0 spiro atoms. The second kappa shape index (κ2) is 10.8. The van der Waals surface area contributed by atoms with Crippen LogP contribution in [-0.4, -0.2) is 58.3 Å². The van der Waals surface area contributed by atoms with E-state index in [0.717, 1.165) is 37.2 Å². The predicted molar refractivity (Wildman–Crippen MR) is 104 cm³/mol. The van der Waals surface area contributed by atoms with Gasteiger partial charge in [0.2, 0.25) is 0 Å². The first-order chi connectivity index (χ1) is 10.7. The molecule has 1 fully saturated rings. The van der Waals surface area contributed by atoms with E-state index in [9.17, 15) is 0 Å². The molecule has 0 atom stereocenters. The average molecular weight is 435 g/mol. The highest BCUT2D eigenvalue weighted by molar-refractivity contribution is 14.0. The SMILES string of the molecule is CCNC(=NCc1nnc(C)n1C)NCCN1CCCCC1.I. The Hall–Kier alpha value is -0.900. The standard InChI is InChI=1S/C15H29N7.HI/c1-4-16-15(17-8-11-22-9-6-5-7-10-22)18-12-14-20-19-13(2)21(14)3;/h4-12H2,1-3H3,(H2,16,17,18);1H. The lowest BCUT2D eigenvalue weighted by atomic mass is 10.1. The fourth-order valence-corrected chi connectivity index (χ4v) is 2.60. The van der Waals surface area contributed by atoms with Gasteiger partial charge in [0.25, 0.3) is 0 Å². The maximum Gasteiger partial charge on any atom is 0.191 e. The van der Waals surface area contributed by atoms with Crippen molar-refractivity contribution in [3.8, 4) is 0 Å². The Morgan fingerprint density at radius 1 is 1.17 bits per heavy atom. The molecule has 7 nitrogen and oxygen atoms in total. The predicted octanol–water partition coefficient (Wildman–Crippen LogP) is 1.28. The Morgan fingerprint density at radius 3 is 2.52 bits per heavy atom. The molecule has 0 amide bonds. The van der Waals surface area contributed by atoms with Crippen LogP contribution in [0.15, 0.2) is 4.99 Å². The van der Waals surface area contributed by atoms with Crippen LogP contribution in [0.2, 0.25) is 0 Å². The fourth-order valence-electron chi connectivity index (χ4n) is 2.60. The molecule has 2 N–H and O–H groups in total. The highest BCUT2D eigenvalue weighted by atomic mass is 127. The van der Waals surface area contributed by atoms with Gasteiger partial charge in [-0.25, -0.2) is 4.99 Å². The molecule has 2 heterocycles. The van der Waals surface area contributed by atoms with Gasteiger partial charge >= 0.3 is 0 Å². The molecule has 0 unspecified atom stereocenters. The first kappa shape index (κ1) is 20.1. The third-order valence-electron chi connectivity index (χ3n) is 4.07. The lowest BCUT2D eigenvalue weighted by Gasteiger charge is -2.26. The average Bonchev–Trinajstić information content (AvgIpc) is 2.85. The summed E-state index contributed by atoms with van der Waals surface area (Å²) in [5.41, 5.74) is 0. The lowest BCUT2D eigenvalue weighted by Crippen LogP contribution is -2.42. The molecule has 1 saturated heterocycles. The van der Waals surface area contributed by atoms with E-state index in [1.54, 1.807) is 0 Å². The van der Waals surface area contributed by atoms with E-state index >= 15 is 0 Å². The minimum atomic E-state index is 0. The van der Waals surface area contributed by atoms with Gasteiger partial charge in [0.15, 0.2) is 11.8 Å². The molecule has 132 valence electrons. The first-order valence-corrected chi connectivity index (χ1v) is 8.30. The quantitative estimate of drug-likeness (QED) is 0.400. The van der Waals surface area contributed by atoms with Crippen LogP contribution in [0, 0.1) is 6.92 Å². The van der Waals surface area contributed by atoms with Crippen molar-refractivity contribution >= 4 is 29.9 Å². The Balaban J connectivity index is 0.00000264. The van der Waals surface area contributed by atoms with Gasteiger partial charge in [-0.1, -0.05) is 6.42 Å². The van der Waals surface area contributed by atoms with Crippen LogP contribution in [0.5, 0.6) is 0 Å². The summed E-state index contributed by atoms with van der Waals surface area (Å²) >= 11 is 0. The van der Waals surface area contributed by atoms with Crippen molar-refractivity contribution in [2.24, 2.45) is 12.0 Å². The first-order valence-electron chi connectivity index (χ1n) is 8.30. The van der Waals surface area contributed by atoms with E-state index in [1.807, 2.05) is 18.5 Å². The van der Waals surface area contributed by atoms with Crippen LogP contribution in [0.25, 0.3) is 0 Å². The minimum Gasteiger partial charge on any atom is -0.357 e. The lowest BCUT2D eigenvalue weighted by molar-refractivity contribution is 0.232. The number of piperidine rings is 1. The molecule has 0 saturated carbocycles. The molecule has 0 bridgehead atoms. The molecule has 0 radical (unpaired) electrons. The third kappa shape index (κ3) is 6.62. The van der Waals surface area contributed by atoms with Gasteiger partial charge in [0, 0.05) is 26.7 Å². The smallest absolute Gasteiger partial charge is 0.191 e. The molecule has 1 aliphatic rings. The summed E-state index contributed by atoms with van der Waals surface area (Å²) in [7, 11) is 1.97. The summed E-state index contributed by atoms with van der Waals surface area (Å²) in [4.78, 5) is 7.11. The maximum atomic E-state index is 4.59. The molecule has 2 rings (SSSR count). The molecule has 23 heavy (non-hydrogen) atoms. The Labute approximate surface area is 156 Å². The molecule has 1 aromatic rings. The van der Waals surface area contributed by atoms with Crippen molar-refractivity contribution in [2.45, 2.75) is 39.7 Å². The van der Waals surface area contributed by atoms with Gasteiger partial charge in [0.1, 0.15) is 12.4 Å². The van der Waals surface area contributed by atoms with Gasteiger partial charge < -0.3 is 20.1 Å². The Bertz CT molecular complexity index is 480. The topological polar surface area (TPSA) is 70.4 Å². The number of halogens is 1. The second-order valence-electron chi connectivity index (χ2n) is 5.75. The summed E-state index contributed by atoms with van der Waals surface area (Å²) in [5.74, 6) is 2.64. The Morgan fingerprint density at radius 2 is 1.91 bits per heavy atom. The number of nitrogens with one attached hydrogen (secondary N) is 2. The molecular formula is C15H30IN7. The van der Waals surface area contributed by atoms with Crippen molar-refractivity contribution in [1.29, 1.82) is 0 Å².